The fourth-order valence-corrected chi connectivity index (χ4v) is 4.12. The van der Waals surface area contributed by atoms with Gasteiger partial charge in [-0.3, -0.25) is 4.98 Å². The second-order valence-electron chi connectivity index (χ2n) is 7.77. The molecular formula is C20H24N4O5S. The third-order valence-corrected chi connectivity index (χ3v) is 5.76. The van der Waals surface area contributed by atoms with E-state index in [4.69, 9.17) is 4.74 Å². The number of alkyl carbamates (subject to hydrolysis) is 1. The Morgan fingerprint density at radius 1 is 1.23 bits per heavy atom. The molecule has 0 fully saturated rings. The minimum Gasteiger partial charge on any atom is -0.444 e. The molecule has 0 saturated heterocycles. The van der Waals surface area contributed by atoms with E-state index in [1.54, 1.807) is 45.0 Å². The Bertz CT molecular complexity index is 1140. The second kappa shape index (κ2) is 8.41. The molecule has 1 amide bonds. The van der Waals surface area contributed by atoms with E-state index in [2.05, 4.69) is 15.4 Å². The van der Waals surface area contributed by atoms with Crippen molar-refractivity contribution in [3.8, 4) is 0 Å². The number of carbonyl (C=O) groups excluding carboxylic acids is 1. The van der Waals surface area contributed by atoms with Crippen LogP contribution in [0.4, 0.5) is 4.79 Å². The maximum absolute atomic E-state index is 12.8. The zero-order valence-corrected chi connectivity index (χ0v) is 17.8. The maximum atomic E-state index is 12.8. The van der Waals surface area contributed by atoms with Crippen molar-refractivity contribution in [1.29, 1.82) is 0 Å². The van der Waals surface area contributed by atoms with E-state index in [-0.39, 0.29) is 17.9 Å². The molecule has 1 atom stereocenters. The van der Waals surface area contributed by atoms with Crippen molar-refractivity contribution < 1.29 is 23.1 Å². The molecule has 0 saturated carbocycles. The lowest BCUT2D eigenvalue weighted by Crippen LogP contribution is -2.42. The van der Waals surface area contributed by atoms with Gasteiger partial charge in [-0.1, -0.05) is 18.2 Å². The minimum atomic E-state index is -3.84. The first-order valence-electron chi connectivity index (χ1n) is 9.34. The normalized spacial score (nSPS) is 13.2. The average molecular weight is 433 g/mol. The molecule has 0 aliphatic rings. The number of hydrogen-bond donors (Lipinski definition) is 2. The Hall–Kier alpha value is -2.98. The van der Waals surface area contributed by atoms with E-state index in [9.17, 15) is 18.3 Å². The quantitative estimate of drug-likeness (QED) is 0.611. The van der Waals surface area contributed by atoms with Gasteiger partial charge in [0.15, 0.2) is 0 Å². The summed E-state index contributed by atoms with van der Waals surface area (Å²) in [7, 11) is -3.84. The third-order valence-electron chi connectivity index (χ3n) is 4.14. The number of pyridine rings is 1. The number of fused-ring (bicyclic) bond motifs is 1. The molecule has 30 heavy (non-hydrogen) atoms. The monoisotopic (exact) mass is 432 g/mol. The number of nitrogens with zero attached hydrogens (tertiary/aromatic N) is 3. The number of rotatable bonds is 6. The van der Waals surface area contributed by atoms with E-state index in [1.807, 2.05) is 0 Å². The molecule has 1 aromatic carbocycles. The summed E-state index contributed by atoms with van der Waals surface area (Å²) in [5.74, 6) is 0. The molecule has 0 spiro atoms. The molecule has 0 radical (unpaired) electrons. The van der Waals surface area contributed by atoms with Gasteiger partial charge in [-0.05, 0) is 39.0 Å². The summed E-state index contributed by atoms with van der Waals surface area (Å²) in [6, 6.07) is 9.09. The topological polar surface area (TPSA) is 123 Å². The van der Waals surface area contributed by atoms with Crippen LogP contribution >= 0.6 is 0 Å². The molecule has 2 aromatic heterocycles. The average Bonchev–Trinajstić information content (AvgIpc) is 3.10. The highest BCUT2D eigenvalue weighted by atomic mass is 32.2. The van der Waals surface area contributed by atoms with Gasteiger partial charge in [-0.15, -0.1) is 0 Å². The Kier molecular flexibility index (Phi) is 6.09. The number of nitrogens with one attached hydrogen (secondary N) is 1. The molecule has 3 aromatic rings. The van der Waals surface area contributed by atoms with Gasteiger partial charge in [0.05, 0.1) is 29.9 Å². The van der Waals surface area contributed by atoms with Crippen LogP contribution in [0.5, 0.6) is 0 Å². The summed E-state index contributed by atoms with van der Waals surface area (Å²) in [4.78, 5) is 16.3. The highest BCUT2D eigenvalue weighted by Gasteiger charge is 2.22. The van der Waals surface area contributed by atoms with Gasteiger partial charge >= 0.3 is 6.09 Å². The third kappa shape index (κ3) is 4.95. The van der Waals surface area contributed by atoms with Gasteiger partial charge < -0.3 is 15.2 Å². The molecule has 2 N–H and O–H groups in total. The van der Waals surface area contributed by atoms with Crippen LogP contribution in [0.15, 0.2) is 53.7 Å². The minimum absolute atomic E-state index is 0.126. The largest absolute Gasteiger partial charge is 0.444 e. The molecule has 2 heterocycles. The number of hydrogen-bond acceptors (Lipinski definition) is 7. The van der Waals surface area contributed by atoms with Crippen molar-refractivity contribution in [2.75, 3.05) is 6.61 Å². The summed E-state index contributed by atoms with van der Waals surface area (Å²) >= 11 is 0. The summed E-state index contributed by atoms with van der Waals surface area (Å²) in [6.07, 6.45) is 2.46. The molecule has 9 nitrogen and oxygen atoms in total. The van der Waals surface area contributed by atoms with E-state index in [0.29, 0.717) is 16.6 Å². The first kappa shape index (κ1) is 21.7. The summed E-state index contributed by atoms with van der Waals surface area (Å²) < 4.78 is 31.8. The van der Waals surface area contributed by atoms with Gasteiger partial charge in [-0.25, -0.2) is 4.79 Å². The van der Waals surface area contributed by atoms with Crippen LogP contribution in [-0.2, 0) is 21.2 Å². The van der Waals surface area contributed by atoms with Crippen molar-refractivity contribution in [2.24, 2.45) is 0 Å². The lowest BCUT2D eigenvalue weighted by Gasteiger charge is -2.22. The first-order chi connectivity index (χ1) is 14.1. The van der Waals surface area contributed by atoms with Crippen molar-refractivity contribution in [3.05, 3.63) is 54.5 Å². The highest BCUT2D eigenvalue weighted by molar-refractivity contribution is 7.90. The van der Waals surface area contributed by atoms with E-state index >= 15 is 0 Å². The number of benzene rings is 1. The number of aliphatic hydroxyl groups excluding tert-OH is 1. The Morgan fingerprint density at radius 3 is 2.57 bits per heavy atom. The zero-order valence-electron chi connectivity index (χ0n) is 16.9. The number of aliphatic hydroxyl groups is 1. The standard InChI is InChI=1S/C20H24N4O5S/c1-20(2,3)29-19(26)23-16(13-25)10-15-9-14-11-22-24(18(14)12-21-15)30(27,28)17-7-5-4-6-8-17/h4-9,11-12,16,25H,10,13H2,1-3H3,(H,23,26)/t16-/m0/s1. The Labute approximate surface area is 174 Å². The van der Waals surface area contributed by atoms with Gasteiger partial charge in [0.25, 0.3) is 10.0 Å². The van der Waals surface area contributed by atoms with Crippen molar-refractivity contribution in [2.45, 2.75) is 43.7 Å². The smallest absolute Gasteiger partial charge is 0.407 e. The van der Waals surface area contributed by atoms with Crippen LogP contribution in [0, 0.1) is 0 Å². The lowest BCUT2D eigenvalue weighted by atomic mass is 10.1. The van der Waals surface area contributed by atoms with Gasteiger partial charge in [0.2, 0.25) is 0 Å². The molecule has 0 unspecified atom stereocenters. The predicted molar refractivity (Wildman–Crippen MR) is 111 cm³/mol. The number of ether oxygens (including phenoxy) is 1. The van der Waals surface area contributed by atoms with E-state index in [1.165, 1.54) is 24.5 Å². The molecule has 10 heteroatoms. The van der Waals surface area contributed by atoms with E-state index < -0.39 is 27.8 Å². The second-order valence-corrected chi connectivity index (χ2v) is 9.54. The van der Waals surface area contributed by atoms with Gasteiger partial charge in [0, 0.05) is 17.5 Å². The molecule has 0 bridgehead atoms. The summed E-state index contributed by atoms with van der Waals surface area (Å²) in [5, 5.41) is 16.8. The van der Waals surface area contributed by atoms with Crippen LogP contribution in [-0.4, -0.2) is 52.0 Å². The van der Waals surface area contributed by atoms with Crippen molar-refractivity contribution in [3.63, 3.8) is 0 Å². The molecule has 160 valence electrons. The summed E-state index contributed by atoms with van der Waals surface area (Å²) in [5.41, 5.74) is 0.248. The number of aromatic nitrogens is 3. The number of amides is 1. The molecule has 0 aliphatic heterocycles. The Balaban J connectivity index is 1.81. The van der Waals surface area contributed by atoms with Crippen LogP contribution in [0.25, 0.3) is 10.9 Å². The first-order valence-corrected chi connectivity index (χ1v) is 10.8. The maximum Gasteiger partial charge on any atom is 0.407 e. The molecule has 0 aliphatic carbocycles. The van der Waals surface area contributed by atoms with E-state index in [0.717, 1.165) is 4.09 Å². The molecular weight excluding hydrogens is 408 g/mol. The fourth-order valence-electron chi connectivity index (χ4n) is 2.83. The van der Waals surface area contributed by atoms with Crippen molar-refractivity contribution in [1.82, 2.24) is 19.5 Å². The highest BCUT2D eigenvalue weighted by Crippen LogP contribution is 2.20. The van der Waals surface area contributed by atoms with Crippen LogP contribution < -0.4 is 5.32 Å². The number of carbonyl (C=O) groups is 1. The van der Waals surface area contributed by atoms with Gasteiger partial charge in [-0.2, -0.15) is 17.6 Å². The van der Waals surface area contributed by atoms with Gasteiger partial charge in [0.1, 0.15) is 11.1 Å². The van der Waals surface area contributed by atoms with Crippen LogP contribution in [0.2, 0.25) is 0 Å². The van der Waals surface area contributed by atoms with Crippen LogP contribution in [0.3, 0.4) is 0 Å². The summed E-state index contributed by atoms with van der Waals surface area (Å²) in [6.45, 7) is 4.94. The predicted octanol–water partition coefficient (Wildman–Crippen LogP) is 2.10. The van der Waals surface area contributed by atoms with Crippen molar-refractivity contribution >= 4 is 27.0 Å². The SMILES string of the molecule is CC(C)(C)OC(=O)N[C@H](CO)Cc1cc2cnn(S(=O)(=O)c3ccccc3)c2cn1. The van der Waals surface area contributed by atoms with Crippen LogP contribution in [0.1, 0.15) is 26.5 Å². The fraction of sp³-hybridized carbons (Fsp3) is 0.350. The Morgan fingerprint density at radius 2 is 1.93 bits per heavy atom. The molecule has 3 rings (SSSR count). The zero-order chi connectivity index (χ0) is 21.9. The lowest BCUT2D eigenvalue weighted by molar-refractivity contribution is 0.0482.